The van der Waals surface area contributed by atoms with Gasteiger partial charge >= 0.3 is 0 Å². The number of methoxy groups -OCH3 is 2. The third kappa shape index (κ3) is 6.55. The van der Waals surface area contributed by atoms with E-state index in [-0.39, 0.29) is 58.7 Å². The average molecular weight is 555 g/mol. The lowest BCUT2D eigenvalue weighted by atomic mass is 9.93. The first-order valence-electron chi connectivity index (χ1n) is 13.0. The van der Waals surface area contributed by atoms with Gasteiger partial charge in [-0.1, -0.05) is 48.6 Å². The number of rotatable bonds is 11. The Morgan fingerprint density at radius 2 is 1.32 bits per heavy atom. The summed E-state index contributed by atoms with van der Waals surface area (Å²) in [7, 11) is 2.84. The summed E-state index contributed by atoms with van der Waals surface area (Å²) < 4.78 is 10.2. The Balaban J connectivity index is 1.56. The molecule has 4 rings (SSSR count). The summed E-state index contributed by atoms with van der Waals surface area (Å²) in [5.74, 6) is -1.58. The van der Waals surface area contributed by atoms with Crippen LogP contribution in [-0.2, 0) is 4.79 Å². The van der Waals surface area contributed by atoms with Crippen LogP contribution in [0.1, 0.15) is 51.1 Å². The molecule has 0 saturated carbocycles. The molecule has 8 nitrogen and oxygen atoms in total. The Hall–Kier alpha value is -5.11. The first kappa shape index (κ1) is 28.9. The van der Waals surface area contributed by atoms with Crippen molar-refractivity contribution < 1.29 is 39.2 Å². The van der Waals surface area contributed by atoms with Gasteiger partial charge in [0, 0.05) is 16.7 Å². The van der Waals surface area contributed by atoms with E-state index < -0.39 is 11.7 Å². The van der Waals surface area contributed by atoms with Crippen molar-refractivity contribution in [1.82, 2.24) is 0 Å². The van der Waals surface area contributed by atoms with Crippen LogP contribution in [0.15, 0.2) is 84.1 Å². The van der Waals surface area contributed by atoms with Gasteiger partial charge in [-0.15, -0.1) is 0 Å². The molecule has 0 atom stereocenters. The summed E-state index contributed by atoms with van der Waals surface area (Å²) in [6.45, 7) is 0. The maximum atomic E-state index is 13.3. The van der Waals surface area contributed by atoms with E-state index in [1.54, 1.807) is 54.6 Å². The molecule has 0 aliphatic heterocycles. The monoisotopic (exact) mass is 554 g/mol. The van der Waals surface area contributed by atoms with Gasteiger partial charge in [-0.3, -0.25) is 14.4 Å². The standard InChI is InChI=1S/C33H30O8/c1-40-30-18-20(12-16-28(30)36)10-14-26(34)24(27(35)15-11-21-13-17-29(37)31(19-21)41-2)8-5-9-25-32(38)22-6-3-4-7-23(22)33(25)39/h3-4,6-7,10-19,25,34,36-37H,5,8-9H2,1-2H3/b14-10+,15-11+,26-24-. The smallest absolute Gasteiger partial charge is 0.185 e. The second kappa shape index (κ2) is 12.8. The molecule has 3 aromatic rings. The van der Waals surface area contributed by atoms with E-state index in [9.17, 15) is 29.7 Å². The number of Topliss-reactive ketones (excluding diaryl/α,β-unsaturated/α-hetero) is 2. The molecule has 1 aliphatic rings. The first-order valence-corrected chi connectivity index (χ1v) is 13.0. The van der Waals surface area contributed by atoms with Gasteiger partial charge in [0.1, 0.15) is 5.76 Å². The second-order valence-corrected chi connectivity index (χ2v) is 9.48. The molecule has 3 aromatic carbocycles. The van der Waals surface area contributed by atoms with Gasteiger partial charge in [-0.25, -0.2) is 0 Å². The van der Waals surface area contributed by atoms with Crippen LogP contribution in [0.2, 0.25) is 0 Å². The van der Waals surface area contributed by atoms with Crippen molar-refractivity contribution in [3.8, 4) is 23.0 Å². The number of carbonyl (C=O) groups excluding carboxylic acids is 3. The molecule has 0 heterocycles. The zero-order valence-corrected chi connectivity index (χ0v) is 22.7. The van der Waals surface area contributed by atoms with Crippen molar-refractivity contribution in [2.24, 2.45) is 5.92 Å². The third-order valence-electron chi connectivity index (χ3n) is 6.89. The minimum absolute atomic E-state index is 0.0329. The highest BCUT2D eigenvalue weighted by Crippen LogP contribution is 2.32. The van der Waals surface area contributed by atoms with Gasteiger partial charge in [-0.05, 0) is 66.8 Å². The number of hydrogen-bond donors (Lipinski definition) is 3. The first-order chi connectivity index (χ1) is 19.7. The minimum Gasteiger partial charge on any atom is -0.508 e. The van der Waals surface area contributed by atoms with Gasteiger partial charge in [0.15, 0.2) is 40.3 Å². The van der Waals surface area contributed by atoms with E-state index in [4.69, 9.17) is 9.47 Å². The highest BCUT2D eigenvalue weighted by atomic mass is 16.5. The SMILES string of the molecule is COc1cc(/C=C/C(=O)/C(CCCC2C(=O)c3ccccc3C2=O)=C(O)/C=C/c2ccc(O)c(OC)c2)ccc1O. The van der Waals surface area contributed by atoms with Crippen LogP contribution in [0.3, 0.4) is 0 Å². The second-order valence-electron chi connectivity index (χ2n) is 9.48. The lowest BCUT2D eigenvalue weighted by Crippen LogP contribution is -2.15. The maximum absolute atomic E-state index is 13.3. The highest BCUT2D eigenvalue weighted by Gasteiger charge is 2.37. The summed E-state index contributed by atoms with van der Waals surface area (Å²) in [4.78, 5) is 38.9. The van der Waals surface area contributed by atoms with Gasteiger partial charge in [-0.2, -0.15) is 0 Å². The van der Waals surface area contributed by atoms with Crippen LogP contribution < -0.4 is 9.47 Å². The van der Waals surface area contributed by atoms with Crippen LogP contribution in [0.5, 0.6) is 23.0 Å². The number of phenols is 2. The number of benzene rings is 3. The number of hydrogen-bond acceptors (Lipinski definition) is 8. The molecule has 3 N–H and O–H groups in total. The van der Waals surface area contributed by atoms with E-state index in [1.807, 2.05) is 0 Å². The lowest BCUT2D eigenvalue weighted by Gasteiger charge is -2.09. The zero-order valence-electron chi connectivity index (χ0n) is 22.7. The number of aromatic hydroxyl groups is 2. The molecule has 0 bridgehead atoms. The van der Waals surface area contributed by atoms with Crippen molar-refractivity contribution >= 4 is 29.5 Å². The Bertz CT molecular complexity index is 1540. The Kier molecular flexibility index (Phi) is 9.04. The average Bonchev–Trinajstić information content (AvgIpc) is 3.22. The van der Waals surface area contributed by atoms with Crippen LogP contribution in [0.4, 0.5) is 0 Å². The Labute approximate surface area is 237 Å². The molecule has 1 aliphatic carbocycles. The fourth-order valence-electron chi connectivity index (χ4n) is 4.67. The van der Waals surface area contributed by atoms with Crippen LogP contribution >= 0.6 is 0 Å². The molecule has 0 spiro atoms. The maximum Gasteiger partial charge on any atom is 0.185 e. The summed E-state index contributed by atoms with van der Waals surface area (Å²) in [5, 5.41) is 30.6. The van der Waals surface area contributed by atoms with Gasteiger partial charge in [0.2, 0.25) is 0 Å². The summed E-state index contributed by atoms with van der Waals surface area (Å²) in [6.07, 6.45) is 6.43. The molecule has 41 heavy (non-hydrogen) atoms. The predicted molar refractivity (Wildman–Crippen MR) is 154 cm³/mol. The summed E-state index contributed by atoms with van der Waals surface area (Å²) in [6, 6.07) is 16.0. The molecule has 210 valence electrons. The molecular weight excluding hydrogens is 524 g/mol. The molecule has 0 amide bonds. The van der Waals surface area contributed by atoms with E-state index in [2.05, 4.69) is 0 Å². The lowest BCUT2D eigenvalue weighted by molar-refractivity contribution is -0.111. The van der Waals surface area contributed by atoms with Gasteiger partial charge in [0.25, 0.3) is 0 Å². The number of aliphatic hydroxyl groups is 1. The fourth-order valence-corrected chi connectivity index (χ4v) is 4.67. The zero-order chi connectivity index (χ0) is 29.5. The number of fused-ring (bicyclic) bond motifs is 1. The topological polar surface area (TPSA) is 130 Å². The molecule has 0 unspecified atom stereocenters. The number of ether oxygens (including phenoxy) is 2. The Morgan fingerprint density at radius 1 is 0.805 bits per heavy atom. The van der Waals surface area contributed by atoms with Gasteiger partial charge in [0.05, 0.1) is 20.1 Å². The number of carbonyl (C=O) groups is 3. The number of ketones is 3. The van der Waals surface area contributed by atoms with Crippen molar-refractivity contribution in [3.63, 3.8) is 0 Å². The van der Waals surface area contributed by atoms with E-state index in [0.29, 0.717) is 28.7 Å². The van der Waals surface area contributed by atoms with Crippen molar-refractivity contribution in [1.29, 1.82) is 0 Å². The number of phenolic OH excluding ortho intramolecular Hbond substituents is 2. The third-order valence-corrected chi connectivity index (χ3v) is 6.89. The Morgan fingerprint density at radius 3 is 1.83 bits per heavy atom. The normalized spacial score (nSPS) is 14.0. The number of allylic oxidation sites excluding steroid dienone is 3. The van der Waals surface area contributed by atoms with Crippen molar-refractivity contribution in [2.75, 3.05) is 14.2 Å². The van der Waals surface area contributed by atoms with Crippen molar-refractivity contribution in [2.45, 2.75) is 19.3 Å². The quantitative estimate of drug-likeness (QED) is 0.112. The number of aliphatic hydroxyl groups excluding tert-OH is 1. The predicted octanol–water partition coefficient (Wildman–Crippen LogP) is 6.09. The summed E-state index contributed by atoms with van der Waals surface area (Å²) >= 11 is 0. The fraction of sp³-hybridized carbons (Fsp3) is 0.182. The van der Waals surface area contributed by atoms with Crippen LogP contribution in [-0.4, -0.2) is 46.9 Å². The molecule has 0 fully saturated rings. The molecule has 0 saturated heterocycles. The highest BCUT2D eigenvalue weighted by molar-refractivity contribution is 6.26. The van der Waals surface area contributed by atoms with E-state index >= 15 is 0 Å². The minimum atomic E-state index is -0.814. The molecule has 0 aromatic heterocycles. The van der Waals surface area contributed by atoms with Crippen LogP contribution in [0.25, 0.3) is 12.2 Å². The van der Waals surface area contributed by atoms with E-state index in [1.165, 1.54) is 44.6 Å². The molecular formula is C33H30O8. The van der Waals surface area contributed by atoms with Crippen molar-refractivity contribution in [3.05, 3.63) is 106 Å². The summed E-state index contributed by atoms with van der Waals surface area (Å²) in [5.41, 5.74) is 2.14. The van der Waals surface area contributed by atoms with E-state index in [0.717, 1.165) is 0 Å². The van der Waals surface area contributed by atoms with Gasteiger partial charge < -0.3 is 24.8 Å². The molecule has 0 radical (unpaired) electrons. The van der Waals surface area contributed by atoms with Crippen LogP contribution in [0, 0.1) is 5.92 Å². The molecule has 8 heteroatoms. The largest absolute Gasteiger partial charge is 0.508 e.